The van der Waals surface area contributed by atoms with Crippen LogP contribution in [0.4, 0.5) is 0 Å². The summed E-state index contributed by atoms with van der Waals surface area (Å²) in [6.07, 6.45) is 7.24. The van der Waals surface area contributed by atoms with Gasteiger partial charge in [0.1, 0.15) is 0 Å². The lowest BCUT2D eigenvalue weighted by atomic mass is 10.2. The number of thiol groups is 1. The summed E-state index contributed by atoms with van der Waals surface area (Å²) in [5.74, 6) is 0.772. The van der Waals surface area contributed by atoms with Crippen LogP contribution in [0, 0.1) is 0 Å². The molecule has 1 aliphatic carbocycles. The van der Waals surface area contributed by atoms with Gasteiger partial charge in [0.15, 0.2) is 0 Å². The van der Waals surface area contributed by atoms with Gasteiger partial charge in [-0.3, -0.25) is 4.98 Å². The molecule has 1 aliphatic rings. The van der Waals surface area contributed by atoms with Crippen LogP contribution in [0.2, 0.25) is 0 Å². The van der Waals surface area contributed by atoms with Gasteiger partial charge in [-0.25, -0.2) is 0 Å². The summed E-state index contributed by atoms with van der Waals surface area (Å²) in [7, 11) is 0. The SMILES string of the molecule is SCc1c2c([nH][n+]1-c1ccncc1)CCC2. The molecule has 3 nitrogen and oxygen atoms in total. The number of H-pyrrole nitrogens is 1. The van der Waals surface area contributed by atoms with Crippen molar-refractivity contribution in [3.8, 4) is 5.69 Å². The number of aromatic nitrogens is 3. The quantitative estimate of drug-likeness (QED) is 0.598. The Labute approximate surface area is 99.9 Å². The summed E-state index contributed by atoms with van der Waals surface area (Å²) in [5, 5.41) is 3.47. The summed E-state index contributed by atoms with van der Waals surface area (Å²) in [6.45, 7) is 0. The van der Waals surface area contributed by atoms with E-state index in [2.05, 4.69) is 27.4 Å². The summed E-state index contributed by atoms with van der Waals surface area (Å²) < 4.78 is 2.14. The molecule has 0 spiro atoms. The highest BCUT2D eigenvalue weighted by Gasteiger charge is 2.28. The Balaban J connectivity index is 2.15. The van der Waals surface area contributed by atoms with Gasteiger partial charge in [0.05, 0.1) is 11.4 Å². The molecular weight excluding hydrogens is 218 g/mol. The smallest absolute Gasteiger partial charge is 0.238 e. The molecule has 2 heterocycles. The Bertz CT molecular complexity index is 504. The fraction of sp³-hybridized carbons (Fsp3) is 0.333. The lowest BCUT2D eigenvalue weighted by Crippen LogP contribution is -2.37. The number of aromatic amines is 1. The first-order valence-electron chi connectivity index (χ1n) is 5.56. The van der Waals surface area contributed by atoms with Crippen molar-refractivity contribution in [2.24, 2.45) is 0 Å². The summed E-state index contributed by atoms with van der Waals surface area (Å²) in [5.41, 5.74) is 5.27. The minimum Gasteiger partial charge on any atom is -0.264 e. The van der Waals surface area contributed by atoms with Crippen molar-refractivity contribution >= 4 is 12.6 Å². The van der Waals surface area contributed by atoms with Gasteiger partial charge in [-0.05, 0) is 19.3 Å². The van der Waals surface area contributed by atoms with Gasteiger partial charge in [-0.15, -0.1) is 0 Å². The van der Waals surface area contributed by atoms with Gasteiger partial charge in [-0.2, -0.15) is 17.7 Å². The van der Waals surface area contributed by atoms with Gasteiger partial charge in [0, 0.05) is 30.1 Å². The first-order chi connectivity index (χ1) is 7.90. The first kappa shape index (κ1) is 9.90. The molecule has 82 valence electrons. The predicted molar refractivity (Wildman–Crippen MR) is 64.8 cm³/mol. The number of pyridine rings is 1. The maximum absolute atomic E-state index is 4.44. The molecule has 0 radical (unpaired) electrons. The number of aryl methyl sites for hydroxylation is 1. The van der Waals surface area contributed by atoms with Crippen molar-refractivity contribution in [3.63, 3.8) is 0 Å². The zero-order chi connectivity index (χ0) is 11.0. The molecule has 4 heteroatoms. The minimum atomic E-state index is 0.772. The van der Waals surface area contributed by atoms with Crippen molar-refractivity contribution < 1.29 is 4.68 Å². The Hall–Kier alpha value is -1.29. The van der Waals surface area contributed by atoms with Crippen molar-refractivity contribution in [1.29, 1.82) is 0 Å². The second-order valence-corrected chi connectivity index (χ2v) is 4.38. The molecule has 2 aromatic heterocycles. The van der Waals surface area contributed by atoms with E-state index in [1.54, 1.807) is 0 Å². The molecule has 0 atom stereocenters. The fourth-order valence-corrected chi connectivity index (χ4v) is 2.73. The third-order valence-corrected chi connectivity index (χ3v) is 3.45. The normalized spacial score (nSPS) is 14.1. The molecule has 0 saturated carbocycles. The largest absolute Gasteiger partial charge is 0.264 e. The van der Waals surface area contributed by atoms with E-state index in [0.29, 0.717) is 0 Å². The van der Waals surface area contributed by atoms with Crippen LogP contribution in [-0.4, -0.2) is 10.1 Å². The number of fused-ring (bicyclic) bond motifs is 1. The van der Waals surface area contributed by atoms with Gasteiger partial charge >= 0.3 is 0 Å². The van der Waals surface area contributed by atoms with Gasteiger partial charge in [0.2, 0.25) is 11.4 Å². The van der Waals surface area contributed by atoms with E-state index in [1.165, 1.54) is 29.8 Å². The van der Waals surface area contributed by atoms with Crippen molar-refractivity contribution in [2.45, 2.75) is 25.0 Å². The monoisotopic (exact) mass is 232 g/mol. The number of nitrogens with one attached hydrogen (secondary N) is 1. The highest BCUT2D eigenvalue weighted by atomic mass is 32.1. The second-order valence-electron chi connectivity index (χ2n) is 4.07. The summed E-state index contributed by atoms with van der Waals surface area (Å²) in [4.78, 5) is 4.04. The van der Waals surface area contributed by atoms with Crippen LogP contribution in [0.5, 0.6) is 0 Å². The van der Waals surface area contributed by atoms with Crippen molar-refractivity contribution in [3.05, 3.63) is 41.5 Å². The van der Waals surface area contributed by atoms with Crippen LogP contribution in [0.25, 0.3) is 5.69 Å². The van der Waals surface area contributed by atoms with Crippen LogP contribution < -0.4 is 4.68 Å². The number of rotatable bonds is 2. The van der Waals surface area contributed by atoms with Gasteiger partial charge in [0.25, 0.3) is 0 Å². The molecule has 0 amide bonds. The predicted octanol–water partition coefficient (Wildman–Crippen LogP) is 1.60. The lowest BCUT2D eigenvalue weighted by Gasteiger charge is -1.95. The Morgan fingerprint density at radius 2 is 2.12 bits per heavy atom. The molecule has 3 rings (SSSR count). The molecule has 0 aromatic carbocycles. The van der Waals surface area contributed by atoms with Crippen LogP contribution in [-0.2, 0) is 18.6 Å². The third-order valence-electron chi connectivity index (χ3n) is 3.15. The first-order valence-corrected chi connectivity index (χ1v) is 6.19. The molecule has 1 N–H and O–H groups in total. The van der Waals surface area contributed by atoms with Crippen LogP contribution in [0.1, 0.15) is 23.4 Å². The van der Waals surface area contributed by atoms with Crippen LogP contribution >= 0.6 is 12.6 Å². The zero-order valence-electron chi connectivity index (χ0n) is 8.98. The number of hydrogen-bond acceptors (Lipinski definition) is 2. The lowest BCUT2D eigenvalue weighted by molar-refractivity contribution is -0.662. The van der Waals surface area contributed by atoms with Crippen molar-refractivity contribution in [1.82, 2.24) is 10.1 Å². The molecule has 0 fully saturated rings. The Morgan fingerprint density at radius 3 is 2.88 bits per heavy atom. The average Bonchev–Trinajstić information content (AvgIpc) is 2.89. The Morgan fingerprint density at radius 1 is 1.31 bits per heavy atom. The topological polar surface area (TPSA) is 32.6 Å². The molecular formula is C12H14N3S+. The highest BCUT2D eigenvalue weighted by Crippen LogP contribution is 2.23. The van der Waals surface area contributed by atoms with Crippen molar-refractivity contribution in [2.75, 3.05) is 0 Å². The van der Waals surface area contributed by atoms with E-state index in [1.807, 2.05) is 24.5 Å². The molecule has 0 unspecified atom stereocenters. The van der Waals surface area contributed by atoms with E-state index >= 15 is 0 Å². The Kier molecular flexibility index (Phi) is 2.44. The van der Waals surface area contributed by atoms with Crippen LogP contribution in [0.3, 0.4) is 0 Å². The zero-order valence-corrected chi connectivity index (χ0v) is 9.87. The summed E-state index contributed by atoms with van der Waals surface area (Å²) >= 11 is 4.44. The minimum absolute atomic E-state index is 0.772. The molecule has 0 aliphatic heterocycles. The highest BCUT2D eigenvalue weighted by molar-refractivity contribution is 7.79. The van der Waals surface area contributed by atoms with E-state index in [0.717, 1.165) is 17.9 Å². The van der Waals surface area contributed by atoms with E-state index in [9.17, 15) is 0 Å². The maximum Gasteiger partial charge on any atom is 0.238 e. The maximum atomic E-state index is 4.44. The summed E-state index contributed by atoms with van der Waals surface area (Å²) in [6, 6.07) is 4.03. The van der Waals surface area contributed by atoms with Gasteiger partial charge in [-0.1, -0.05) is 4.68 Å². The van der Waals surface area contributed by atoms with Crippen LogP contribution in [0.15, 0.2) is 24.5 Å². The van der Waals surface area contributed by atoms with E-state index in [-0.39, 0.29) is 0 Å². The van der Waals surface area contributed by atoms with E-state index in [4.69, 9.17) is 0 Å². The third kappa shape index (κ3) is 1.45. The number of hydrogen-bond donors (Lipinski definition) is 2. The van der Waals surface area contributed by atoms with Gasteiger partial charge < -0.3 is 0 Å². The second kappa shape index (κ2) is 3.94. The fourth-order valence-electron chi connectivity index (χ4n) is 2.40. The average molecular weight is 232 g/mol. The molecule has 2 aromatic rings. The van der Waals surface area contributed by atoms with E-state index < -0.39 is 0 Å². The molecule has 16 heavy (non-hydrogen) atoms. The standard InChI is InChI=1S/C12H13N3S/c16-8-12-10-2-1-3-11(10)14-15(12)9-4-6-13-7-5-9/h4-7,16H,1-3,8H2/p+1. The molecule has 0 bridgehead atoms. The molecule has 0 saturated heterocycles. The number of nitrogens with zero attached hydrogens (tertiary/aromatic N) is 2.